The van der Waals surface area contributed by atoms with Gasteiger partial charge in [-0.15, -0.1) is 0 Å². The Hall–Kier alpha value is -2.76. The van der Waals surface area contributed by atoms with Crippen LogP contribution in [-0.4, -0.2) is 55.2 Å². The molecule has 2 aromatic rings. The molecule has 0 saturated carbocycles. The third-order valence-corrected chi connectivity index (χ3v) is 4.71. The summed E-state index contributed by atoms with van der Waals surface area (Å²) in [6.45, 7) is 6.89. The van der Waals surface area contributed by atoms with Crippen molar-refractivity contribution in [2.24, 2.45) is 4.99 Å². The number of anilines is 1. The molecule has 144 valence electrons. The van der Waals surface area contributed by atoms with E-state index < -0.39 is 0 Å². The maximum Gasteiger partial charge on any atom is 0.194 e. The smallest absolute Gasteiger partial charge is 0.194 e. The molecule has 0 amide bonds. The number of benzene rings is 2. The summed E-state index contributed by atoms with van der Waals surface area (Å²) in [4.78, 5) is 9.20. The van der Waals surface area contributed by atoms with Crippen molar-refractivity contribution in [2.75, 3.05) is 44.2 Å². The molecule has 5 nitrogen and oxygen atoms in total. The van der Waals surface area contributed by atoms with Crippen LogP contribution in [0.5, 0.6) is 5.75 Å². The first-order chi connectivity index (χ1) is 13.2. The number of hydrogen-bond acceptors (Lipinski definition) is 3. The zero-order valence-electron chi connectivity index (χ0n) is 15.7. The maximum absolute atomic E-state index is 13.0. The molecule has 1 heterocycles. The zero-order chi connectivity index (χ0) is 19.1. The Labute approximate surface area is 160 Å². The molecule has 0 aliphatic carbocycles. The lowest BCUT2D eigenvalue weighted by molar-refractivity contribution is 0.370. The Bertz CT molecular complexity index is 755. The van der Waals surface area contributed by atoms with E-state index in [1.54, 1.807) is 6.07 Å². The second-order valence-corrected chi connectivity index (χ2v) is 6.57. The fraction of sp³-hybridized carbons (Fsp3) is 0.381. The number of rotatable bonds is 5. The number of halogens is 1. The SMILES string of the molecule is CCNC(=NCCc1ccc(F)cc1)N1CCN(c2ccccc2O)CC1. The summed E-state index contributed by atoms with van der Waals surface area (Å²) in [5.41, 5.74) is 1.97. The number of para-hydroxylation sites is 2. The van der Waals surface area contributed by atoms with Crippen LogP contribution < -0.4 is 10.2 Å². The minimum atomic E-state index is -0.210. The van der Waals surface area contributed by atoms with Gasteiger partial charge in [0, 0.05) is 39.3 Å². The summed E-state index contributed by atoms with van der Waals surface area (Å²) in [7, 11) is 0. The lowest BCUT2D eigenvalue weighted by atomic mass is 10.1. The van der Waals surface area contributed by atoms with Crippen LogP contribution in [0.3, 0.4) is 0 Å². The highest BCUT2D eigenvalue weighted by Crippen LogP contribution is 2.27. The van der Waals surface area contributed by atoms with Crippen LogP contribution in [0, 0.1) is 5.82 Å². The van der Waals surface area contributed by atoms with Gasteiger partial charge in [0.1, 0.15) is 11.6 Å². The monoisotopic (exact) mass is 370 g/mol. The molecule has 3 rings (SSSR count). The minimum Gasteiger partial charge on any atom is -0.506 e. The van der Waals surface area contributed by atoms with Crippen molar-refractivity contribution in [3.63, 3.8) is 0 Å². The largest absolute Gasteiger partial charge is 0.506 e. The second kappa shape index (κ2) is 9.26. The Balaban J connectivity index is 1.57. The van der Waals surface area contributed by atoms with Gasteiger partial charge >= 0.3 is 0 Å². The number of phenols is 1. The molecule has 0 aromatic heterocycles. The molecule has 6 heteroatoms. The summed E-state index contributed by atoms with van der Waals surface area (Å²) in [6, 6.07) is 14.1. The fourth-order valence-corrected chi connectivity index (χ4v) is 3.26. The first-order valence-electron chi connectivity index (χ1n) is 9.48. The molecule has 1 fully saturated rings. The molecule has 1 saturated heterocycles. The molecule has 1 aliphatic heterocycles. The van der Waals surface area contributed by atoms with Crippen molar-refractivity contribution in [3.05, 3.63) is 59.9 Å². The number of aromatic hydroxyl groups is 1. The summed E-state index contributed by atoms with van der Waals surface area (Å²) >= 11 is 0. The number of phenolic OH excluding ortho intramolecular Hbond substituents is 1. The van der Waals surface area contributed by atoms with Gasteiger partial charge in [-0.2, -0.15) is 0 Å². The fourth-order valence-electron chi connectivity index (χ4n) is 3.26. The molecular weight excluding hydrogens is 343 g/mol. The summed E-state index contributed by atoms with van der Waals surface area (Å²) < 4.78 is 13.0. The zero-order valence-corrected chi connectivity index (χ0v) is 15.7. The van der Waals surface area contributed by atoms with Gasteiger partial charge in [0.15, 0.2) is 5.96 Å². The Morgan fingerprint density at radius 2 is 1.78 bits per heavy atom. The number of guanidine groups is 1. The van der Waals surface area contributed by atoms with Crippen LogP contribution in [0.4, 0.5) is 10.1 Å². The van der Waals surface area contributed by atoms with Crippen LogP contribution in [0.1, 0.15) is 12.5 Å². The predicted octanol–water partition coefficient (Wildman–Crippen LogP) is 2.86. The molecule has 0 atom stereocenters. The van der Waals surface area contributed by atoms with Crippen molar-refractivity contribution in [3.8, 4) is 5.75 Å². The van der Waals surface area contributed by atoms with Gasteiger partial charge in [-0.1, -0.05) is 24.3 Å². The average molecular weight is 370 g/mol. The van der Waals surface area contributed by atoms with Crippen LogP contribution in [0.2, 0.25) is 0 Å². The van der Waals surface area contributed by atoms with Crippen LogP contribution in [0.25, 0.3) is 0 Å². The van der Waals surface area contributed by atoms with E-state index in [1.165, 1.54) is 12.1 Å². The van der Waals surface area contributed by atoms with Gasteiger partial charge in [-0.25, -0.2) is 4.39 Å². The van der Waals surface area contributed by atoms with E-state index in [4.69, 9.17) is 4.99 Å². The molecule has 0 radical (unpaired) electrons. The minimum absolute atomic E-state index is 0.210. The quantitative estimate of drug-likeness (QED) is 0.628. The van der Waals surface area contributed by atoms with Gasteiger partial charge in [0.25, 0.3) is 0 Å². The first-order valence-corrected chi connectivity index (χ1v) is 9.48. The van der Waals surface area contributed by atoms with Crippen molar-refractivity contribution < 1.29 is 9.50 Å². The van der Waals surface area contributed by atoms with Crippen molar-refractivity contribution in [1.82, 2.24) is 10.2 Å². The molecular formula is C21H27FN4O. The standard InChI is InChI=1S/C21H27FN4O/c1-2-23-21(24-12-11-17-7-9-18(22)10-8-17)26-15-13-25(14-16-26)19-5-3-4-6-20(19)27/h3-10,27H,2,11-16H2,1H3,(H,23,24). The lowest BCUT2D eigenvalue weighted by Gasteiger charge is -2.37. The maximum atomic E-state index is 13.0. The van der Waals surface area contributed by atoms with E-state index in [2.05, 4.69) is 22.0 Å². The number of nitrogens with zero attached hydrogens (tertiary/aromatic N) is 3. The third-order valence-electron chi connectivity index (χ3n) is 4.71. The van der Waals surface area contributed by atoms with Gasteiger partial charge in [-0.3, -0.25) is 4.99 Å². The van der Waals surface area contributed by atoms with Crippen molar-refractivity contribution in [2.45, 2.75) is 13.3 Å². The Morgan fingerprint density at radius 1 is 1.07 bits per heavy atom. The molecule has 0 spiro atoms. The highest BCUT2D eigenvalue weighted by atomic mass is 19.1. The number of aliphatic imine (C=N–C) groups is 1. The van der Waals surface area contributed by atoms with E-state index in [0.29, 0.717) is 12.3 Å². The van der Waals surface area contributed by atoms with Crippen LogP contribution in [0.15, 0.2) is 53.5 Å². The summed E-state index contributed by atoms with van der Waals surface area (Å²) in [6.07, 6.45) is 0.785. The topological polar surface area (TPSA) is 51.1 Å². The molecule has 0 unspecified atom stereocenters. The third kappa shape index (κ3) is 5.12. The molecule has 2 aromatic carbocycles. The molecule has 1 aliphatic rings. The van der Waals surface area contributed by atoms with Crippen molar-refractivity contribution in [1.29, 1.82) is 0 Å². The number of nitrogens with one attached hydrogen (secondary N) is 1. The van der Waals surface area contributed by atoms with E-state index in [-0.39, 0.29) is 5.82 Å². The first kappa shape index (κ1) is 19.0. The lowest BCUT2D eigenvalue weighted by Crippen LogP contribution is -2.52. The van der Waals surface area contributed by atoms with E-state index >= 15 is 0 Å². The van der Waals surface area contributed by atoms with E-state index in [9.17, 15) is 9.50 Å². The van der Waals surface area contributed by atoms with Crippen LogP contribution >= 0.6 is 0 Å². The normalized spacial score (nSPS) is 15.1. The van der Waals surface area contributed by atoms with Gasteiger partial charge in [0.2, 0.25) is 0 Å². The summed E-state index contributed by atoms with van der Waals surface area (Å²) in [5, 5.41) is 13.4. The Morgan fingerprint density at radius 3 is 2.44 bits per heavy atom. The van der Waals surface area contributed by atoms with Gasteiger partial charge < -0.3 is 20.2 Å². The van der Waals surface area contributed by atoms with Gasteiger partial charge in [-0.05, 0) is 43.2 Å². The molecule has 2 N–H and O–H groups in total. The van der Waals surface area contributed by atoms with Crippen LogP contribution in [-0.2, 0) is 6.42 Å². The Kier molecular flexibility index (Phi) is 6.52. The highest BCUT2D eigenvalue weighted by Gasteiger charge is 2.21. The molecule has 27 heavy (non-hydrogen) atoms. The predicted molar refractivity (Wildman–Crippen MR) is 108 cm³/mol. The highest BCUT2D eigenvalue weighted by molar-refractivity contribution is 5.80. The van der Waals surface area contributed by atoms with E-state index in [1.807, 2.05) is 30.3 Å². The number of hydrogen-bond donors (Lipinski definition) is 2. The summed E-state index contributed by atoms with van der Waals surface area (Å²) in [5.74, 6) is 1.03. The molecule has 0 bridgehead atoms. The van der Waals surface area contributed by atoms with E-state index in [0.717, 1.165) is 56.4 Å². The second-order valence-electron chi connectivity index (χ2n) is 6.57. The van der Waals surface area contributed by atoms with Crippen molar-refractivity contribution >= 4 is 11.6 Å². The average Bonchev–Trinajstić information content (AvgIpc) is 2.69. The van der Waals surface area contributed by atoms with Gasteiger partial charge in [0.05, 0.1) is 5.69 Å². The number of piperazine rings is 1.